The van der Waals surface area contributed by atoms with Gasteiger partial charge in [0.05, 0.1) is 21.4 Å². The Morgan fingerprint density at radius 2 is 0.935 bits per heavy atom. The largest absolute Gasteiger partial charge is 0.456 e. The van der Waals surface area contributed by atoms with Gasteiger partial charge in [-0.1, -0.05) is 97.1 Å². The van der Waals surface area contributed by atoms with E-state index < -0.39 is 0 Å². The second kappa shape index (κ2) is 12.7. The molecular weight excluding hydrogens is 781 g/mol. The van der Waals surface area contributed by atoms with Crippen LogP contribution >= 0.6 is 11.3 Å². The van der Waals surface area contributed by atoms with Crippen LogP contribution in [0.15, 0.2) is 191 Å². The number of hydrogen-bond acceptors (Lipinski definition) is 6. The van der Waals surface area contributed by atoms with E-state index in [1.165, 1.54) is 42.0 Å². The normalized spacial score (nSPS) is 12.2. The maximum absolute atomic E-state index is 6.23. The number of rotatable bonds is 4. The number of nitrogens with zero attached hydrogens (tertiary/aromatic N) is 4. The standard InChI is InChI=1S/C55H30N4O2S/c1-2-12-32-30-45-40(27-31(32)11-1)35-13-3-7-17-43(35)59(45)44-24-23-39(51-38-16-6-10-20-50(38)62-52(44)51)55-57-53(33-21-25-48-41(28-33)36-14-4-8-18-46(36)60-48)56-54(58-55)34-22-26-49-42(29-34)37-15-5-9-19-47(37)61-49/h1-30H. The van der Waals surface area contributed by atoms with Gasteiger partial charge in [-0.05, 0) is 95.7 Å². The average Bonchev–Trinajstić information content (AvgIpc) is 4.09. The Kier molecular flexibility index (Phi) is 6.89. The van der Waals surface area contributed by atoms with Crippen LogP contribution < -0.4 is 0 Å². The van der Waals surface area contributed by atoms with Gasteiger partial charge in [-0.15, -0.1) is 11.3 Å². The van der Waals surface area contributed by atoms with Crippen LogP contribution in [-0.2, 0) is 0 Å². The summed E-state index contributed by atoms with van der Waals surface area (Å²) < 4.78 is 17.3. The molecule has 14 rings (SSSR count). The molecule has 0 aliphatic rings. The van der Waals surface area contributed by atoms with E-state index in [0.717, 1.165) is 77.0 Å². The Balaban J connectivity index is 1.05. The minimum absolute atomic E-state index is 0.584. The number of benzene rings is 9. The minimum atomic E-state index is 0.584. The maximum Gasteiger partial charge on any atom is 0.164 e. The molecule has 0 bridgehead atoms. The first-order valence-electron chi connectivity index (χ1n) is 20.7. The molecule has 0 saturated heterocycles. The zero-order valence-corrected chi connectivity index (χ0v) is 33.7. The van der Waals surface area contributed by atoms with Crippen LogP contribution in [-0.4, -0.2) is 19.5 Å². The van der Waals surface area contributed by atoms with Crippen LogP contribution in [0.2, 0.25) is 0 Å². The summed E-state index contributed by atoms with van der Waals surface area (Å²) in [7, 11) is 0. The highest BCUT2D eigenvalue weighted by molar-refractivity contribution is 7.26. The van der Waals surface area contributed by atoms with Crippen LogP contribution in [0.25, 0.3) is 136 Å². The minimum Gasteiger partial charge on any atom is -0.456 e. The lowest BCUT2D eigenvalue weighted by molar-refractivity contribution is 0.668. The van der Waals surface area contributed by atoms with Crippen LogP contribution in [0, 0.1) is 0 Å². The molecule has 0 N–H and O–H groups in total. The van der Waals surface area contributed by atoms with Crippen molar-refractivity contribution in [2.45, 2.75) is 0 Å². The molecule has 5 heterocycles. The van der Waals surface area contributed by atoms with Crippen LogP contribution in [0.3, 0.4) is 0 Å². The Labute approximate surface area is 356 Å². The second-order valence-corrected chi connectivity index (χ2v) is 17.0. The van der Waals surface area contributed by atoms with Crippen molar-refractivity contribution in [3.05, 3.63) is 182 Å². The Morgan fingerprint density at radius 3 is 1.63 bits per heavy atom. The fourth-order valence-electron chi connectivity index (χ4n) is 9.58. The van der Waals surface area contributed by atoms with Gasteiger partial charge in [0.15, 0.2) is 17.5 Å². The molecule has 14 aromatic rings. The van der Waals surface area contributed by atoms with E-state index in [-0.39, 0.29) is 0 Å². The second-order valence-electron chi connectivity index (χ2n) is 15.9. The van der Waals surface area contributed by atoms with Gasteiger partial charge in [-0.3, -0.25) is 0 Å². The van der Waals surface area contributed by atoms with Crippen molar-refractivity contribution in [2.75, 3.05) is 0 Å². The molecule has 0 fully saturated rings. The third kappa shape index (κ3) is 4.88. The van der Waals surface area contributed by atoms with E-state index in [2.05, 4.69) is 126 Å². The predicted octanol–water partition coefficient (Wildman–Crippen LogP) is 15.3. The fraction of sp³-hybridized carbons (Fsp3) is 0. The van der Waals surface area contributed by atoms with E-state index in [1.54, 1.807) is 0 Å². The van der Waals surface area contributed by atoms with Gasteiger partial charge in [-0.2, -0.15) is 0 Å². The van der Waals surface area contributed by atoms with Gasteiger partial charge in [0, 0.05) is 64.5 Å². The van der Waals surface area contributed by atoms with E-state index in [4.69, 9.17) is 23.8 Å². The smallest absolute Gasteiger partial charge is 0.164 e. The Hall–Kier alpha value is -8.13. The maximum atomic E-state index is 6.23. The molecule has 0 radical (unpaired) electrons. The van der Waals surface area contributed by atoms with Gasteiger partial charge in [0.25, 0.3) is 0 Å². The third-order valence-electron chi connectivity index (χ3n) is 12.4. The van der Waals surface area contributed by atoms with Crippen molar-refractivity contribution in [2.24, 2.45) is 0 Å². The molecule has 0 amide bonds. The number of hydrogen-bond donors (Lipinski definition) is 0. The zero-order valence-electron chi connectivity index (χ0n) is 32.8. The van der Waals surface area contributed by atoms with Crippen molar-refractivity contribution in [1.82, 2.24) is 19.5 Å². The van der Waals surface area contributed by atoms with E-state index in [1.807, 2.05) is 72.0 Å². The molecule has 62 heavy (non-hydrogen) atoms. The van der Waals surface area contributed by atoms with Crippen molar-refractivity contribution in [1.29, 1.82) is 0 Å². The molecular formula is C55H30N4O2S. The van der Waals surface area contributed by atoms with Crippen molar-refractivity contribution >= 4 is 108 Å². The first kappa shape index (κ1) is 33.7. The molecule has 5 aromatic heterocycles. The lowest BCUT2D eigenvalue weighted by atomic mass is 10.0. The van der Waals surface area contributed by atoms with Crippen molar-refractivity contribution < 1.29 is 8.83 Å². The molecule has 288 valence electrons. The summed E-state index contributed by atoms with van der Waals surface area (Å²) >= 11 is 1.81. The summed E-state index contributed by atoms with van der Waals surface area (Å²) in [4.78, 5) is 16.0. The monoisotopic (exact) mass is 810 g/mol. The number of thiophene rings is 1. The van der Waals surface area contributed by atoms with Crippen LogP contribution in [0.5, 0.6) is 0 Å². The first-order chi connectivity index (χ1) is 30.7. The molecule has 0 aliphatic carbocycles. The summed E-state index contributed by atoms with van der Waals surface area (Å²) in [6.07, 6.45) is 0. The van der Waals surface area contributed by atoms with Crippen LogP contribution in [0.4, 0.5) is 0 Å². The first-order valence-corrected chi connectivity index (χ1v) is 21.5. The highest BCUT2D eigenvalue weighted by Gasteiger charge is 2.23. The SMILES string of the molecule is c1ccc2cc3c(cc2c1)c1ccccc1n3-c1ccc(-c2nc(-c3ccc4oc5ccccc5c4c3)nc(-c3ccc4oc5ccccc5c4c3)n2)c2c1sc1ccccc12. The molecule has 6 nitrogen and oxygen atoms in total. The number of para-hydroxylation sites is 3. The van der Waals surface area contributed by atoms with Crippen molar-refractivity contribution in [3.63, 3.8) is 0 Å². The topological polar surface area (TPSA) is 69.9 Å². The molecule has 7 heteroatoms. The third-order valence-corrected chi connectivity index (χ3v) is 13.6. The molecule has 0 saturated carbocycles. The van der Waals surface area contributed by atoms with E-state index >= 15 is 0 Å². The summed E-state index contributed by atoms with van der Waals surface area (Å²) in [5, 5.41) is 11.3. The molecule has 9 aromatic carbocycles. The summed E-state index contributed by atoms with van der Waals surface area (Å²) in [6.45, 7) is 0. The van der Waals surface area contributed by atoms with Gasteiger partial charge in [0.2, 0.25) is 0 Å². The number of aromatic nitrogens is 4. The van der Waals surface area contributed by atoms with Crippen LogP contribution in [0.1, 0.15) is 0 Å². The summed E-state index contributed by atoms with van der Waals surface area (Å²) in [5.74, 6) is 1.77. The highest BCUT2D eigenvalue weighted by atomic mass is 32.1. The number of fused-ring (bicyclic) bond motifs is 13. The lowest BCUT2D eigenvalue weighted by Gasteiger charge is -2.13. The quantitative estimate of drug-likeness (QED) is 0.177. The lowest BCUT2D eigenvalue weighted by Crippen LogP contribution is -2.01. The predicted molar refractivity (Wildman–Crippen MR) is 255 cm³/mol. The molecule has 0 unspecified atom stereocenters. The highest BCUT2D eigenvalue weighted by Crippen LogP contribution is 2.46. The van der Waals surface area contributed by atoms with Crippen molar-refractivity contribution in [3.8, 4) is 39.9 Å². The summed E-state index contributed by atoms with van der Waals surface area (Å²) in [6, 6.07) is 63.9. The van der Waals surface area contributed by atoms with E-state index in [0.29, 0.717) is 17.5 Å². The van der Waals surface area contributed by atoms with Gasteiger partial charge in [0.1, 0.15) is 22.3 Å². The van der Waals surface area contributed by atoms with Gasteiger partial charge >= 0.3 is 0 Å². The number of furan rings is 2. The van der Waals surface area contributed by atoms with Gasteiger partial charge < -0.3 is 13.4 Å². The zero-order chi connectivity index (χ0) is 40.5. The average molecular weight is 811 g/mol. The Bertz CT molecular complexity index is 4060. The summed E-state index contributed by atoms with van der Waals surface area (Å²) in [5.41, 5.74) is 9.50. The molecule has 0 aliphatic heterocycles. The molecule has 0 atom stereocenters. The fourth-order valence-corrected chi connectivity index (χ4v) is 10.8. The molecule has 0 spiro atoms. The van der Waals surface area contributed by atoms with E-state index in [9.17, 15) is 0 Å². The Morgan fingerprint density at radius 1 is 0.387 bits per heavy atom. The van der Waals surface area contributed by atoms with Gasteiger partial charge in [-0.25, -0.2) is 15.0 Å².